The van der Waals surface area contributed by atoms with Gasteiger partial charge >= 0.3 is 5.95 Å². The molecule has 0 amide bonds. The van der Waals surface area contributed by atoms with Crippen LogP contribution in [0.2, 0.25) is 0 Å². The molecule has 14 heavy (non-hydrogen) atoms. The van der Waals surface area contributed by atoms with E-state index in [0.717, 1.165) is 5.30 Å². The molecule has 1 atom stereocenters. The fourth-order valence-corrected chi connectivity index (χ4v) is 2.06. The molecule has 3 heteroatoms. The van der Waals surface area contributed by atoms with Gasteiger partial charge in [-0.05, 0) is 19.1 Å². The van der Waals surface area contributed by atoms with Crippen LogP contribution < -0.4 is 5.30 Å². The Kier molecular flexibility index (Phi) is 4.21. The minimum Gasteiger partial charge on any atom is -0.478 e. The topological polar surface area (TPSA) is 29.5 Å². The van der Waals surface area contributed by atoms with Gasteiger partial charge in [-0.3, -0.25) is 0 Å². The SMILES string of the molecule is C=[P+](C=C(O)OCC)c1ccccc1. The molecule has 1 aromatic rings. The van der Waals surface area contributed by atoms with Crippen LogP contribution in [0.3, 0.4) is 0 Å². The molecule has 74 valence electrons. The molecule has 0 saturated carbocycles. The third-order valence-electron chi connectivity index (χ3n) is 1.65. The fraction of sp³-hybridized carbons (Fsp3) is 0.182. The summed E-state index contributed by atoms with van der Waals surface area (Å²) < 4.78 is 4.93. The third-order valence-corrected chi connectivity index (χ3v) is 3.14. The Labute approximate surface area is 85.2 Å². The number of aliphatic hydroxyl groups excluding tert-OH is 1. The van der Waals surface area contributed by atoms with Crippen molar-refractivity contribution in [2.24, 2.45) is 0 Å². The molecule has 0 radical (unpaired) electrons. The summed E-state index contributed by atoms with van der Waals surface area (Å²) >= 11 is 0. The molecule has 0 aromatic heterocycles. The summed E-state index contributed by atoms with van der Waals surface area (Å²) in [5.41, 5.74) is 0. The molecule has 0 aliphatic heterocycles. The summed E-state index contributed by atoms with van der Waals surface area (Å²) in [6.07, 6.45) is 3.98. The van der Waals surface area contributed by atoms with Gasteiger partial charge in [0.25, 0.3) is 0 Å². The third kappa shape index (κ3) is 3.23. The zero-order valence-electron chi connectivity index (χ0n) is 8.18. The first kappa shape index (κ1) is 10.8. The lowest BCUT2D eigenvalue weighted by atomic mass is 10.4. The van der Waals surface area contributed by atoms with E-state index < -0.39 is 7.55 Å². The van der Waals surface area contributed by atoms with Crippen molar-refractivity contribution in [3.63, 3.8) is 0 Å². The van der Waals surface area contributed by atoms with Crippen LogP contribution in [0.5, 0.6) is 0 Å². The van der Waals surface area contributed by atoms with E-state index in [4.69, 9.17) is 4.74 Å². The molecular formula is C11H14O2P+. The summed E-state index contributed by atoms with van der Waals surface area (Å²) in [6, 6.07) is 9.87. The second-order valence-electron chi connectivity index (χ2n) is 2.71. The Bertz CT molecular complexity index is 330. The van der Waals surface area contributed by atoms with E-state index >= 15 is 0 Å². The van der Waals surface area contributed by atoms with Gasteiger partial charge in [0.1, 0.15) is 0 Å². The second kappa shape index (κ2) is 5.46. The van der Waals surface area contributed by atoms with E-state index in [0.29, 0.717) is 6.61 Å². The fourth-order valence-electron chi connectivity index (χ4n) is 1.01. The smallest absolute Gasteiger partial charge is 0.321 e. The van der Waals surface area contributed by atoms with Gasteiger partial charge in [0.05, 0.1) is 12.9 Å². The van der Waals surface area contributed by atoms with Gasteiger partial charge in [0, 0.05) is 0 Å². The van der Waals surface area contributed by atoms with Crippen molar-refractivity contribution in [2.45, 2.75) is 6.92 Å². The zero-order chi connectivity index (χ0) is 10.4. The molecule has 2 nitrogen and oxygen atoms in total. The van der Waals surface area contributed by atoms with Crippen molar-refractivity contribution in [1.29, 1.82) is 0 Å². The summed E-state index contributed by atoms with van der Waals surface area (Å²) in [7, 11) is -0.714. The van der Waals surface area contributed by atoms with Gasteiger partial charge in [-0.1, -0.05) is 18.2 Å². The normalized spacial score (nSPS) is 12.4. The molecule has 0 saturated heterocycles. The Morgan fingerprint density at radius 1 is 1.50 bits per heavy atom. The van der Waals surface area contributed by atoms with Gasteiger partial charge in [-0.2, -0.15) is 0 Å². The Hall–Kier alpha value is -1.27. The van der Waals surface area contributed by atoms with Crippen molar-refractivity contribution in [3.05, 3.63) is 42.1 Å². The summed E-state index contributed by atoms with van der Waals surface area (Å²) in [6.45, 7) is 2.30. The molecule has 0 fully saturated rings. The number of rotatable bonds is 4. The van der Waals surface area contributed by atoms with E-state index in [1.807, 2.05) is 37.3 Å². The maximum absolute atomic E-state index is 9.30. The van der Waals surface area contributed by atoms with Gasteiger partial charge < -0.3 is 9.84 Å². The largest absolute Gasteiger partial charge is 0.478 e. The van der Waals surface area contributed by atoms with Crippen LogP contribution in [0.15, 0.2) is 42.1 Å². The highest BCUT2D eigenvalue weighted by atomic mass is 31.1. The van der Waals surface area contributed by atoms with Gasteiger partial charge in [-0.15, -0.1) is 0 Å². The van der Waals surface area contributed by atoms with Crippen LogP contribution in [0.4, 0.5) is 0 Å². The lowest BCUT2D eigenvalue weighted by Crippen LogP contribution is -1.94. The Morgan fingerprint density at radius 2 is 2.14 bits per heavy atom. The highest BCUT2D eigenvalue weighted by Gasteiger charge is 2.09. The van der Waals surface area contributed by atoms with E-state index in [9.17, 15) is 5.11 Å². The lowest BCUT2D eigenvalue weighted by molar-refractivity contribution is 0.104. The van der Waals surface area contributed by atoms with Crippen molar-refractivity contribution in [2.75, 3.05) is 6.61 Å². The maximum Gasteiger partial charge on any atom is 0.321 e. The summed E-state index contributed by atoms with van der Waals surface area (Å²) in [4.78, 5) is 0. The molecular weight excluding hydrogens is 195 g/mol. The number of aliphatic hydroxyl groups is 1. The van der Waals surface area contributed by atoms with Crippen molar-refractivity contribution < 1.29 is 9.84 Å². The first-order valence-corrected chi connectivity index (χ1v) is 6.02. The highest BCUT2D eigenvalue weighted by Crippen LogP contribution is 2.22. The molecule has 1 unspecified atom stereocenters. The number of ether oxygens (including phenoxy) is 1. The predicted molar refractivity (Wildman–Crippen MR) is 62.5 cm³/mol. The standard InChI is InChI=1S/C11H13O2P/c1-3-13-11(12)9-14(2)10-7-5-4-6-8-10/h4-9H,2-3H2,1H3/p+1. The lowest BCUT2D eigenvalue weighted by Gasteiger charge is -1.96. The number of hydrogen-bond acceptors (Lipinski definition) is 2. The molecule has 1 aromatic carbocycles. The van der Waals surface area contributed by atoms with E-state index in [1.54, 1.807) is 5.82 Å². The average molecular weight is 209 g/mol. The molecule has 1 N–H and O–H groups in total. The zero-order valence-corrected chi connectivity index (χ0v) is 9.08. The average Bonchev–Trinajstić information content (AvgIpc) is 2.19. The van der Waals surface area contributed by atoms with Crippen molar-refractivity contribution in [1.82, 2.24) is 0 Å². The van der Waals surface area contributed by atoms with Crippen molar-refractivity contribution >= 4 is 19.1 Å². The molecule has 1 rings (SSSR count). The Morgan fingerprint density at radius 3 is 2.71 bits per heavy atom. The van der Waals surface area contributed by atoms with Gasteiger partial charge in [0.2, 0.25) is 0 Å². The van der Waals surface area contributed by atoms with Gasteiger partial charge in [-0.25, -0.2) is 0 Å². The molecule has 0 aliphatic carbocycles. The van der Waals surface area contributed by atoms with Crippen molar-refractivity contribution in [3.8, 4) is 0 Å². The van der Waals surface area contributed by atoms with Crippen LogP contribution in [0, 0.1) is 0 Å². The predicted octanol–water partition coefficient (Wildman–Crippen LogP) is 2.62. The minimum atomic E-state index is -0.714. The Balaban J connectivity index is 2.72. The quantitative estimate of drug-likeness (QED) is 0.610. The molecule has 0 aliphatic rings. The number of benzene rings is 1. The highest BCUT2D eigenvalue weighted by molar-refractivity contribution is 7.66. The van der Waals surface area contributed by atoms with E-state index in [-0.39, 0.29) is 5.95 Å². The van der Waals surface area contributed by atoms with Gasteiger partial charge in [0.15, 0.2) is 18.7 Å². The summed E-state index contributed by atoms with van der Waals surface area (Å²) in [5.74, 6) is 1.63. The molecule has 0 spiro atoms. The van der Waals surface area contributed by atoms with Crippen LogP contribution >= 0.6 is 7.55 Å². The van der Waals surface area contributed by atoms with E-state index in [1.165, 1.54) is 0 Å². The molecule has 0 heterocycles. The second-order valence-corrected chi connectivity index (χ2v) is 4.42. The minimum absolute atomic E-state index is 0.0301. The van der Waals surface area contributed by atoms with Crippen LogP contribution in [-0.2, 0) is 4.74 Å². The van der Waals surface area contributed by atoms with Crippen LogP contribution in [-0.4, -0.2) is 18.0 Å². The van der Waals surface area contributed by atoms with Crippen LogP contribution in [0.25, 0.3) is 0 Å². The van der Waals surface area contributed by atoms with E-state index in [2.05, 4.69) is 6.30 Å². The monoisotopic (exact) mass is 209 g/mol. The first-order chi connectivity index (χ1) is 6.74. The summed E-state index contributed by atoms with van der Waals surface area (Å²) in [5, 5.41) is 10.4. The first-order valence-electron chi connectivity index (χ1n) is 4.42. The number of hydrogen-bond donors (Lipinski definition) is 1. The maximum atomic E-state index is 9.30. The van der Waals surface area contributed by atoms with Crippen LogP contribution in [0.1, 0.15) is 6.92 Å². The molecule has 0 bridgehead atoms.